The maximum atomic E-state index is 12.2. The third-order valence-corrected chi connectivity index (χ3v) is 3.53. The summed E-state index contributed by atoms with van der Waals surface area (Å²) in [6.45, 7) is 2.23. The van der Waals surface area contributed by atoms with Gasteiger partial charge in [-0.2, -0.15) is 0 Å². The number of rotatable bonds is 6. The van der Waals surface area contributed by atoms with E-state index in [4.69, 9.17) is 9.47 Å². The molecule has 0 radical (unpaired) electrons. The molecule has 0 saturated carbocycles. The molecule has 1 amide bonds. The highest BCUT2D eigenvalue weighted by Gasteiger charge is 2.15. The van der Waals surface area contributed by atoms with Crippen LogP contribution < -0.4 is 10.1 Å². The van der Waals surface area contributed by atoms with Crippen LogP contribution in [0.3, 0.4) is 0 Å². The zero-order valence-electron chi connectivity index (χ0n) is 12.5. The highest BCUT2D eigenvalue weighted by molar-refractivity contribution is 9.10. The molecule has 0 heterocycles. The number of benzene rings is 2. The molecule has 1 atom stereocenters. The van der Waals surface area contributed by atoms with Crippen molar-refractivity contribution in [1.82, 2.24) is 0 Å². The fourth-order valence-corrected chi connectivity index (χ4v) is 2.18. The van der Waals surface area contributed by atoms with Crippen molar-refractivity contribution in [3.63, 3.8) is 0 Å². The Labute approximate surface area is 138 Å². The number of anilines is 1. The molecule has 1 N–H and O–H groups in total. The molecule has 0 aliphatic rings. The Bertz CT molecular complexity index is 628. The summed E-state index contributed by atoms with van der Waals surface area (Å²) in [4.78, 5) is 12.2. The van der Waals surface area contributed by atoms with Crippen molar-refractivity contribution in [2.75, 3.05) is 12.4 Å². The van der Waals surface area contributed by atoms with Gasteiger partial charge in [0, 0.05) is 17.3 Å². The second kappa shape index (κ2) is 7.96. The summed E-state index contributed by atoms with van der Waals surface area (Å²) < 4.78 is 11.7. The van der Waals surface area contributed by atoms with Crippen LogP contribution in [0, 0.1) is 0 Å². The average molecular weight is 364 g/mol. The number of methoxy groups -OCH3 is 1. The third-order valence-electron chi connectivity index (χ3n) is 3.00. The summed E-state index contributed by atoms with van der Waals surface area (Å²) in [6, 6.07) is 14.9. The van der Waals surface area contributed by atoms with Crippen LogP contribution in [0.15, 0.2) is 53.0 Å². The monoisotopic (exact) mass is 363 g/mol. The van der Waals surface area contributed by atoms with E-state index >= 15 is 0 Å². The summed E-state index contributed by atoms with van der Waals surface area (Å²) in [5.74, 6) is 0.455. The number of hydrogen-bond acceptors (Lipinski definition) is 3. The Morgan fingerprint density at radius 2 is 1.95 bits per heavy atom. The van der Waals surface area contributed by atoms with Crippen molar-refractivity contribution in [3.05, 3.63) is 58.6 Å². The zero-order valence-corrected chi connectivity index (χ0v) is 14.1. The SMILES string of the molecule is COCc1cccc(NC(=O)C(C)Oc2ccc(Br)cc2)c1. The molecule has 0 aliphatic heterocycles. The highest BCUT2D eigenvalue weighted by atomic mass is 79.9. The lowest BCUT2D eigenvalue weighted by atomic mass is 10.2. The first kappa shape index (κ1) is 16.5. The first-order valence-electron chi connectivity index (χ1n) is 6.89. The number of nitrogens with one attached hydrogen (secondary N) is 1. The smallest absolute Gasteiger partial charge is 0.265 e. The molecule has 0 fully saturated rings. The summed E-state index contributed by atoms with van der Waals surface area (Å²) in [7, 11) is 1.64. The van der Waals surface area contributed by atoms with Crippen LogP contribution in [0.1, 0.15) is 12.5 Å². The number of halogens is 1. The topological polar surface area (TPSA) is 47.6 Å². The van der Waals surface area contributed by atoms with E-state index in [1.165, 1.54) is 0 Å². The number of carbonyl (C=O) groups is 1. The van der Waals surface area contributed by atoms with Crippen molar-refractivity contribution < 1.29 is 14.3 Å². The minimum Gasteiger partial charge on any atom is -0.481 e. The minimum absolute atomic E-state index is 0.197. The Kier molecular flexibility index (Phi) is 5.98. The molecule has 5 heteroatoms. The fourth-order valence-electron chi connectivity index (χ4n) is 1.92. The van der Waals surface area contributed by atoms with Crippen molar-refractivity contribution in [2.45, 2.75) is 19.6 Å². The van der Waals surface area contributed by atoms with Gasteiger partial charge in [-0.05, 0) is 48.9 Å². The maximum Gasteiger partial charge on any atom is 0.265 e. The van der Waals surface area contributed by atoms with Gasteiger partial charge in [0.1, 0.15) is 5.75 Å². The van der Waals surface area contributed by atoms with Crippen molar-refractivity contribution >= 4 is 27.5 Å². The predicted octanol–water partition coefficient (Wildman–Crippen LogP) is 4.00. The normalized spacial score (nSPS) is 11.8. The molecule has 0 bridgehead atoms. The van der Waals surface area contributed by atoms with E-state index in [-0.39, 0.29) is 5.91 Å². The molecular weight excluding hydrogens is 346 g/mol. The molecule has 0 aliphatic carbocycles. The third kappa shape index (κ3) is 4.86. The van der Waals surface area contributed by atoms with Gasteiger partial charge < -0.3 is 14.8 Å². The number of hydrogen-bond donors (Lipinski definition) is 1. The molecule has 0 aromatic heterocycles. The minimum atomic E-state index is -0.591. The van der Waals surface area contributed by atoms with Crippen LogP contribution in [-0.2, 0) is 16.1 Å². The van der Waals surface area contributed by atoms with E-state index in [1.54, 1.807) is 14.0 Å². The zero-order chi connectivity index (χ0) is 15.9. The van der Waals surface area contributed by atoms with E-state index in [1.807, 2.05) is 48.5 Å². The molecular formula is C17H18BrNO3. The van der Waals surface area contributed by atoms with Crippen molar-refractivity contribution in [3.8, 4) is 5.75 Å². The average Bonchev–Trinajstić information content (AvgIpc) is 2.50. The molecule has 2 aromatic rings. The Morgan fingerprint density at radius 3 is 2.64 bits per heavy atom. The Hall–Kier alpha value is -1.85. The van der Waals surface area contributed by atoms with Crippen LogP contribution in [0.4, 0.5) is 5.69 Å². The molecule has 1 unspecified atom stereocenters. The lowest BCUT2D eigenvalue weighted by Gasteiger charge is -2.15. The number of ether oxygens (including phenoxy) is 2. The van der Waals surface area contributed by atoms with Crippen LogP contribution in [0.25, 0.3) is 0 Å². The standard InChI is InChI=1S/C17H18BrNO3/c1-12(22-16-8-6-14(18)7-9-16)17(20)19-15-5-3-4-13(10-15)11-21-2/h3-10,12H,11H2,1-2H3,(H,19,20). The van der Waals surface area contributed by atoms with Gasteiger partial charge in [-0.3, -0.25) is 4.79 Å². The van der Waals surface area contributed by atoms with Crippen LogP contribution in [0.2, 0.25) is 0 Å². The van der Waals surface area contributed by atoms with Crippen LogP contribution in [0.5, 0.6) is 5.75 Å². The lowest BCUT2D eigenvalue weighted by molar-refractivity contribution is -0.122. The number of carbonyl (C=O) groups excluding carboxylic acids is 1. The van der Waals surface area contributed by atoms with Crippen molar-refractivity contribution in [1.29, 1.82) is 0 Å². The largest absolute Gasteiger partial charge is 0.481 e. The van der Waals surface area contributed by atoms with Gasteiger partial charge in [-0.25, -0.2) is 0 Å². The van der Waals surface area contributed by atoms with Gasteiger partial charge in [-0.15, -0.1) is 0 Å². The molecule has 0 spiro atoms. The highest BCUT2D eigenvalue weighted by Crippen LogP contribution is 2.18. The molecule has 2 aromatic carbocycles. The van der Waals surface area contributed by atoms with E-state index in [0.29, 0.717) is 12.4 Å². The molecule has 0 saturated heterocycles. The molecule has 4 nitrogen and oxygen atoms in total. The molecule has 22 heavy (non-hydrogen) atoms. The Balaban J connectivity index is 1.96. The number of amides is 1. The maximum absolute atomic E-state index is 12.2. The van der Waals surface area contributed by atoms with E-state index in [0.717, 1.165) is 15.7 Å². The van der Waals surface area contributed by atoms with E-state index in [9.17, 15) is 4.79 Å². The first-order valence-corrected chi connectivity index (χ1v) is 7.69. The van der Waals surface area contributed by atoms with Gasteiger partial charge in [0.05, 0.1) is 6.61 Å². The summed E-state index contributed by atoms with van der Waals surface area (Å²) in [5.41, 5.74) is 1.73. The molecule has 116 valence electrons. The van der Waals surface area contributed by atoms with E-state index < -0.39 is 6.10 Å². The fraction of sp³-hybridized carbons (Fsp3) is 0.235. The van der Waals surface area contributed by atoms with Crippen LogP contribution >= 0.6 is 15.9 Å². The van der Waals surface area contributed by atoms with Gasteiger partial charge >= 0.3 is 0 Å². The second-order valence-electron chi connectivity index (χ2n) is 4.84. The van der Waals surface area contributed by atoms with Gasteiger partial charge in [-0.1, -0.05) is 28.1 Å². The van der Waals surface area contributed by atoms with Crippen molar-refractivity contribution in [2.24, 2.45) is 0 Å². The summed E-state index contributed by atoms with van der Waals surface area (Å²) in [5, 5.41) is 2.84. The quantitative estimate of drug-likeness (QED) is 0.843. The van der Waals surface area contributed by atoms with Gasteiger partial charge in [0.15, 0.2) is 6.10 Å². The lowest BCUT2D eigenvalue weighted by Crippen LogP contribution is -2.30. The summed E-state index contributed by atoms with van der Waals surface area (Å²) in [6.07, 6.45) is -0.591. The van der Waals surface area contributed by atoms with Gasteiger partial charge in [0.2, 0.25) is 0 Å². The predicted molar refractivity (Wildman–Crippen MR) is 90.0 cm³/mol. The van der Waals surface area contributed by atoms with Crippen LogP contribution in [-0.4, -0.2) is 19.1 Å². The summed E-state index contributed by atoms with van der Waals surface area (Å²) >= 11 is 3.36. The van der Waals surface area contributed by atoms with E-state index in [2.05, 4.69) is 21.2 Å². The second-order valence-corrected chi connectivity index (χ2v) is 5.75. The first-order chi connectivity index (χ1) is 10.6. The Morgan fingerprint density at radius 1 is 1.23 bits per heavy atom. The molecule has 2 rings (SSSR count). The van der Waals surface area contributed by atoms with Gasteiger partial charge in [0.25, 0.3) is 5.91 Å².